The Kier molecular flexibility index (Phi) is 19.0. The average molecular weight is 548 g/mol. The molecule has 0 nitrogen and oxygen atoms in total. The van der Waals surface area contributed by atoms with Crippen molar-refractivity contribution < 1.29 is 17.1 Å². The molecule has 0 unspecified atom stereocenters. The van der Waals surface area contributed by atoms with Gasteiger partial charge in [0, 0.05) is 25.1 Å². The topological polar surface area (TPSA) is 0 Å². The van der Waals surface area contributed by atoms with Crippen molar-refractivity contribution in [3.8, 4) is 0 Å². The third kappa shape index (κ3) is 10.7. The average Bonchev–Trinajstić information content (AvgIpc) is 3.32. The summed E-state index contributed by atoms with van der Waals surface area (Å²) < 4.78 is 0. The van der Waals surface area contributed by atoms with Crippen molar-refractivity contribution >= 4 is 34.4 Å². The van der Waals surface area contributed by atoms with E-state index in [0.29, 0.717) is 0 Å². The number of hydrogen-bond acceptors (Lipinski definition) is 0. The predicted octanol–water partition coefficient (Wildman–Crippen LogP) is 9.48. The van der Waals surface area contributed by atoms with Crippen LogP contribution in [0.15, 0.2) is 36.4 Å². The molecule has 2 aromatic carbocycles. The summed E-state index contributed by atoms with van der Waals surface area (Å²) in [4.78, 5) is 0. The van der Waals surface area contributed by atoms with Gasteiger partial charge in [0.1, 0.15) is 0 Å². The molecule has 0 bridgehead atoms. The van der Waals surface area contributed by atoms with Gasteiger partial charge in [0.25, 0.3) is 0 Å². The largest absolute Gasteiger partial charge is 0.358 e. The zero-order valence-corrected chi connectivity index (χ0v) is 25.8. The van der Waals surface area contributed by atoms with Crippen molar-refractivity contribution in [3.05, 3.63) is 55.0 Å². The standard InChI is InChI=1S/C24H39PSi2.C2H6.2CH4.CH3.Fe/c1-26(2,3)23-16-10-12-20(23)18-25(22-14-8-7-9-15-22)19-21-13-11-17-24(21)27(4,5)6;1-2;;;;/h10-13,16-17,22H,7-9,14-15,18-19H2,1-6H3;1-2H3;2*1H4;1H3;/q-2;;;;-1;. The Balaban J connectivity index is -0.00000146. The smallest absolute Gasteiger partial charge is 0.0507 e. The SMILES string of the molecule is C.C.CC.C[Si](C)(C)c1cc[cH-]c1CP(C[c-]1cccc1[Si](C)(C)C)C1CCCCC1.[CH3-].[Fe]. The van der Waals surface area contributed by atoms with Gasteiger partial charge in [-0.2, -0.15) is 39.7 Å². The van der Waals surface area contributed by atoms with Crippen molar-refractivity contribution in [1.29, 1.82) is 0 Å². The van der Waals surface area contributed by atoms with Crippen LogP contribution in [-0.2, 0) is 29.4 Å². The summed E-state index contributed by atoms with van der Waals surface area (Å²) in [6.07, 6.45) is 10.1. The fourth-order valence-electron chi connectivity index (χ4n) is 4.85. The maximum atomic E-state index is 2.51. The van der Waals surface area contributed by atoms with Crippen LogP contribution in [0.2, 0.25) is 39.3 Å². The van der Waals surface area contributed by atoms with Gasteiger partial charge in [-0.15, -0.1) is 7.92 Å². The van der Waals surface area contributed by atoms with Crippen LogP contribution in [0.5, 0.6) is 0 Å². The molecule has 0 radical (unpaired) electrons. The molecule has 3 rings (SSSR count). The van der Waals surface area contributed by atoms with E-state index < -0.39 is 16.1 Å². The molecule has 0 amide bonds. The van der Waals surface area contributed by atoms with Gasteiger partial charge in [0.2, 0.25) is 0 Å². The normalized spacial score (nSPS) is 14.9. The van der Waals surface area contributed by atoms with Gasteiger partial charge in [0.15, 0.2) is 0 Å². The molecule has 0 atom stereocenters. The first-order valence-corrected chi connectivity index (χ1v) is 20.7. The van der Waals surface area contributed by atoms with E-state index in [1.807, 2.05) is 13.8 Å². The molecule has 0 heterocycles. The molecule has 4 heteroatoms. The molecule has 196 valence electrons. The Morgan fingerprint density at radius 3 is 2.03 bits per heavy atom. The van der Waals surface area contributed by atoms with E-state index in [9.17, 15) is 0 Å². The van der Waals surface area contributed by atoms with Crippen molar-refractivity contribution in [2.24, 2.45) is 0 Å². The van der Waals surface area contributed by atoms with Gasteiger partial charge >= 0.3 is 0 Å². The Hall–Kier alpha value is 0.0832. The van der Waals surface area contributed by atoms with Crippen LogP contribution in [0.4, 0.5) is 0 Å². The Morgan fingerprint density at radius 1 is 0.939 bits per heavy atom. The molecule has 1 aliphatic rings. The van der Waals surface area contributed by atoms with Crippen LogP contribution >= 0.6 is 7.92 Å². The summed E-state index contributed by atoms with van der Waals surface area (Å²) >= 11 is 0. The summed E-state index contributed by atoms with van der Waals surface area (Å²) in [6, 6.07) is 14.4. The Labute approximate surface area is 223 Å². The van der Waals surface area contributed by atoms with Crippen molar-refractivity contribution in [3.63, 3.8) is 0 Å². The summed E-state index contributed by atoms with van der Waals surface area (Å²) in [7, 11) is -2.45. The van der Waals surface area contributed by atoms with Gasteiger partial charge in [-0.3, -0.25) is 0 Å². The molecule has 2 aromatic rings. The van der Waals surface area contributed by atoms with Gasteiger partial charge in [-0.1, -0.05) is 93.4 Å². The second-order valence-electron chi connectivity index (χ2n) is 10.6. The molecule has 0 aliphatic heterocycles. The van der Waals surface area contributed by atoms with E-state index in [-0.39, 0.29) is 47.3 Å². The fraction of sp³-hybridized carbons (Fsp3) is 0.621. The minimum absolute atomic E-state index is 0. The molecule has 1 fully saturated rings. The first kappa shape index (κ1) is 37.6. The van der Waals surface area contributed by atoms with Crippen LogP contribution in [-0.4, -0.2) is 21.8 Å². The van der Waals surface area contributed by atoms with E-state index >= 15 is 0 Å². The fourth-order valence-corrected chi connectivity index (χ4v) is 11.8. The maximum Gasteiger partial charge on any atom is 0.0507 e. The number of rotatable bonds is 7. The quantitative estimate of drug-likeness (QED) is 0.184. The molecule has 0 spiro atoms. The van der Waals surface area contributed by atoms with Gasteiger partial charge in [-0.05, 0) is 24.7 Å². The first-order valence-electron chi connectivity index (χ1n) is 11.9. The number of hydrogen-bond donors (Lipinski definition) is 0. The van der Waals surface area contributed by atoms with Crippen molar-refractivity contribution in [2.45, 2.75) is 118 Å². The summed E-state index contributed by atoms with van der Waals surface area (Å²) in [5.74, 6) is 0. The van der Waals surface area contributed by atoms with E-state index in [0.717, 1.165) is 5.66 Å². The molecule has 0 aromatic heterocycles. The molecule has 0 saturated heterocycles. The molecule has 33 heavy (non-hydrogen) atoms. The van der Waals surface area contributed by atoms with Crippen LogP contribution in [0.25, 0.3) is 0 Å². The summed E-state index contributed by atoms with van der Waals surface area (Å²) in [5.41, 5.74) is 4.39. The minimum atomic E-state index is -1.24. The molecular weight excluding hydrogens is 491 g/mol. The summed E-state index contributed by atoms with van der Waals surface area (Å²) in [5, 5.41) is 3.44. The molecule has 0 N–H and O–H groups in total. The molecular formula is C29H56FePSi2-3. The third-order valence-electron chi connectivity index (χ3n) is 6.27. The van der Waals surface area contributed by atoms with E-state index in [2.05, 4.69) is 75.7 Å². The summed E-state index contributed by atoms with van der Waals surface area (Å²) in [6.45, 7) is 19.1. The monoisotopic (exact) mass is 547 g/mol. The Bertz CT molecular complexity index is 673. The second-order valence-corrected chi connectivity index (χ2v) is 23.2. The second kappa shape index (κ2) is 16.7. The van der Waals surface area contributed by atoms with Gasteiger partial charge in [0.05, 0.1) is 8.07 Å². The van der Waals surface area contributed by atoms with Crippen LogP contribution in [0.3, 0.4) is 0 Å². The van der Waals surface area contributed by atoms with Crippen molar-refractivity contribution in [1.82, 2.24) is 0 Å². The van der Waals surface area contributed by atoms with Crippen LogP contribution in [0, 0.1) is 7.43 Å². The zero-order valence-electron chi connectivity index (χ0n) is 21.8. The van der Waals surface area contributed by atoms with Crippen molar-refractivity contribution in [2.75, 3.05) is 0 Å². The maximum absolute atomic E-state index is 2.51. The van der Waals surface area contributed by atoms with E-state index in [4.69, 9.17) is 0 Å². The van der Waals surface area contributed by atoms with Gasteiger partial charge < -0.3 is 7.43 Å². The van der Waals surface area contributed by atoms with Gasteiger partial charge in [-0.25, -0.2) is 18.2 Å². The molecule has 1 saturated carbocycles. The third-order valence-corrected chi connectivity index (χ3v) is 13.5. The Morgan fingerprint density at radius 2 is 1.52 bits per heavy atom. The zero-order chi connectivity index (χ0) is 21.7. The van der Waals surface area contributed by atoms with Crippen LogP contribution < -0.4 is 10.4 Å². The molecule has 1 aliphatic carbocycles. The van der Waals surface area contributed by atoms with E-state index in [1.54, 1.807) is 21.5 Å². The van der Waals surface area contributed by atoms with Crippen LogP contribution in [0.1, 0.15) is 71.9 Å². The minimum Gasteiger partial charge on any atom is -0.358 e. The predicted molar refractivity (Wildman–Crippen MR) is 162 cm³/mol. The van der Waals surface area contributed by atoms with E-state index in [1.165, 1.54) is 44.4 Å². The first-order chi connectivity index (χ1) is 13.7.